The Morgan fingerprint density at radius 1 is 1.55 bits per heavy atom. The molecule has 0 N–H and O–H groups in total. The molecule has 11 heavy (non-hydrogen) atoms. The second-order valence-corrected chi connectivity index (χ2v) is 2.76. The van der Waals surface area contributed by atoms with E-state index in [1.54, 1.807) is 6.08 Å². The number of allylic oxidation sites excluding steroid dienone is 1. The van der Waals surface area contributed by atoms with Crippen LogP contribution in [0.15, 0.2) is 11.6 Å². The van der Waals surface area contributed by atoms with Gasteiger partial charge in [0.2, 0.25) is 0 Å². The number of carbonyl (C=O) groups is 1. The Kier molecular flexibility index (Phi) is 3.30. The maximum Gasteiger partial charge on any atom is 0.155 e. The van der Waals surface area contributed by atoms with Crippen LogP contribution in [0.2, 0.25) is 0 Å². The lowest BCUT2D eigenvalue weighted by molar-refractivity contribution is -0.115. The average molecular weight is 154 g/mol. The predicted molar refractivity (Wildman–Crippen MR) is 43.4 cm³/mol. The Hall–Kier alpha value is -0.630. The monoisotopic (exact) mass is 154 g/mol. The molecule has 0 aliphatic heterocycles. The van der Waals surface area contributed by atoms with Crippen molar-refractivity contribution in [1.82, 2.24) is 0 Å². The van der Waals surface area contributed by atoms with Crippen molar-refractivity contribution in [2.75, 3.05) is 13.2 Å². The van der Waals surface area contributed by atoms with Gasteiger partial charge in [-0.3, -0.25) is 4.79 Å². The highest BCUT2D eigenvalue weighted by atomic mass is 16.5. The van der Waals surface area contributed by atoms with E-state index in [0.29, 0.717) is 6.61 Å². The SMILES string of the molecule is CCOCC1=CC(=O)CCC1. The van der Waals surface area contributed by atoms with Crippen LogP contribution in [-0.4, -0.2) is 19.0 Å². The number of carbonyl (C=O) groups excluding carboxylic acids is 1. The van der Waals surface area contributed by atoms with Crippen molar-refractivity contribution < 1.29 is 9.53 Å². The molecule has 0 spiro atoms. The van der Waals surface area contributed by atoms with Gasteiger partial charge < -0.3 is 4.74 Å². The third kappa shape index (κ3) is 2.85. The minimum atomic E-state index is 0.256. The molecule has 62 valence electrons. The topological polar surface area (TPSA) is 26.3 Å². The molecule has 0 aromatic heterocycles. The van der Waals surface area contributed by atoms with Crippen LogP contribution in [0, 0.1) is 0 Å². The predicted octanol–water partition coefficient (Wildman–Crippen LogP) is 1.70. The molecule has 0 saturated heterocycles. The summed E-state index contributed by atoms with van der Waals surface area (Å²) in [5.41, 5.74) is 1.16. The van der Waals surface area contributed by atoms with Gasteiger partial charge in [-0.05, 0) is 31.4 Å². The average Bonchev–Trinajstić information content (AvgIpc) is 2.01. The second kappa shape index (κ2) is 4.29. The maximum absolute atomic E-state index is 10.9. The first kappa shape index (κ1) is 8.47. The van der Waals surface area contributed by atoms with E-state index in [1.807, 2.05) is 6.92 Å². The first-order valence-electron chi connectivity index (χ1n) is 4.13. The Bertz CT molecular complexity index is 170. The second-order valence-electron chi connectivity index (χ2n) is 2.76. The highest BCUT2D eigenvalue weighted by Gasteiger charge is 2.08. The molecule has 1 rings (SSSR count). The summed E-state index contributed by atoms with van der Waals surface area (Å²) in [6, 6.07) is 0. The minimum absolute atomic E-state index is 0.256. The van der Waals surface area contributed by atoms with Crippen molar-refractivity contribution in [1.29, 1.82) is 0 Å². The van der Waals surface area contributed by atoms with E-state index in [9.17, 15) is 4.79 Å². The molecule has 0 aromatic carbocycles. The summed E-state index contributed by atoms with van der Waals surface area (Å²) in [5.74, 6) is 0.256. The zero-order chi connectivity index (χ0) is 8.10. The van der Waals surface area contributed by atoms with E-state index in [4.69, 9.17) is 4.74 Å². The molecule has 0 heterocycles. The molecule has 1 aliphatic rings. The van der Waals surface area contributed by atoms with Crippen LogP contribution >= 0.6 is 0 Å². The normalized spacial score (nSPS) is 18.3. The van der Waals surface area contributed by atoms with Crippen LogP contribution < -0.4 is 0 Å². The van der Waals surface area contributed by atoms with Crippen molar-refractivity contribution in [3.8, 4) is 0 Å². The summed E-state index contributed by atoms with van der Waals surface area (Å²) in [4.78, 5) is 10.9. The summed E-state index contributed by atoms with van der Waals surface area (Å²) in [6.07, 6.45) is 4.48. The van der Waals surface area contributed by atoms with Crippen LogP contribution in [0.5, 0.6) is 0 Å². The quantitative estimate of drug-likeness (QED) is 0.618. The molecule has 0 amide bonds. The minimum Gasteiger partial charge on any atom is -0.377 e. The fourth-order valence-electron chi connectivity index (χ4n) is 1.21. The van der Waals surface area contributed by atoms with Gasteiger partial charge in [0.25, 0.3) is 0 Å². The van der Waals surface area contributed by atoms with Crippen molar-refractivity contribution in [3.05, 3.63) is 11.6 Å². The Morgan fingerprint density at radius 2 is 2.36 bits per heavy atom. The Morgan fingerprint density at radius 3 is 3.00 bits per heavy atom. The van der Waals surface area contributed by atoms with Gasteiger partial charge in [0.05, 0.1) is 6.61 Å². The number of rotatable bonds is 3. The molecule has 2 heteroatoms. The van der Waals surface area contributed by atoms with E-state index in [-0.39, 0.29) is 5.78 Å². The van der Waals surface area contributed by atoms with Crippen LogP contribution in [0.4, 0.5) is 0 Å². The molecule has 0 radical (unpaired) electrons. The summed E-state index contributed by atoms with van der Waals surface area (Å²) >= 11 is 0. The largest absolute Gasteiger partial charge is 0.377 e. The molecule has 0 unspecified atom stereocenters. The van der Waals surface area contributed by atoms with Gasteiger partial charge in [-0.25, -0.2) is 0 Å². The van der Waals surface area contributed by atoms with Crippen molar-refractivity contribution >= 4 is 5.78 Å². The van der Waals surface area contributed by atoms with E-state index < -0.39 is 0 Å². The van der Waals surface area contributed by atoms with E-state index in [2.05, 4.69) is 0 Å². The summed E-state index contributed by atoms with van der Waals surface area (Å²) in [7, 11) is 0. The third-order valence-electron chi connectivity index (χ3n) is 1.78. The van der Waals surface area contributed by atoms with E-state index in [0.717, 1.165) is 31.4 Å². The zero-order valence-corrected chi connectivity index (χ0v) is 6.93. The fraction of sp³-hybridized carbons (Fsp3) is 0.667. The summed E-state index contributed by atoms with van der Waals surface area (Å²) < 4.78 is 5.20. The van der Waals surface area contributed by atoms with Gasteiger partial charge in [-0.15, -0.1) is 0 Å². The highest BCUT2D eigenvalue weighted by Crippen LogP contribution is 2.14. The lowest BCUT2D eigenvalue weighted by Gasteiger charge is -2.10. The van der Waals surface area contributed by atoms with Crippen molar-refractivity contribution in [2.45, 2.75) is 26.2 Å². The summed E-state index contributed by atoms with van der Waals surface area (Å²) in [6.45, 7) is 3.33. The Balaban J connectivity index is 2.37. The third-order valence-corrected chi connectivity index (χ3v) is 1.78. The first-order chi connectivity index (χ1) is 5.33. The number of ketones is 1. The molecular formula is C9H14O2. The lowest BCUT2D eigenvalue weighted by atomic mass is 9.99. The van der Waals surface area contributed by atoms with Gasteiger partial charge in [-0.1, -0.05) is 0 Å². The fourth-order valence-corrected chi connectivity index (χ4v) is 1.21. The standard InChI is InChI=1S/C9H14O2/c1-2-11-7-8-4-3-5-9(10)6-8/h6H,2-5,7H2,1H3. The number of hydrogen-bond donors (Lipinski definition) is 0. The number of ether oxygens (including phenoxy) is 1. The molecule has 0 saturated carbocycles. The zero-order valence-electron chi connectivity index (χ0n) is 6.93. The lowest BCUT2D eigenvalue weighted by Crippen LogP contribution is -2.07. The molecule has 0 aromatic rings. The Labute approximate surface area is 67.2 Å². The summed E-state index contributed by atoms with van der Waals surface area (Å²) in [5, 5.41) is 0. The van der Waals surface area contributed by atoms with Gasteiger partial charge in [0, 0.05) is 13.0 Å². The van der Waals surface area contributed by atoms with E-state index >= 15 is 0 Å². The van der Waals surface area contributed by atoms with Gasteiger partial charge >= 0.3 is 0 Å². The van der Waals surface area contributed by atoms with Crippen LogP contribution in [0.25, 0.3) is 0 Å². The highest BCUT2D eigenvalue weighted by molar-refractivity contribution is 5.91. The number of hydrogen-bond acceptors (Lipinski definition) is 2. The van der Waals surface area contributed by atoms with Crippen molar-refractivity contribution in [3.63, 3.8) is 0 Å². The molecular weight excluding hydrogens is 140 g/mol. The molecule has 0 fully saturated rings. The first-order valence-corrected chi connectivity index (χ1v) is 4.13. The van der Waals surface area contributed by atoms with Gasteiger partial charge in [0.1, 0.15) is 0 Å². The van der Waals surface area contributed by atoms with Gasteiger partial charge in [0.15, 0.2) is 5.78 Å². The molecule has 0 bridgehead atoms. The maximum atomic E-state index is 10.9. The smallest absolute Gasteiger partial charge is 0.155 e. The van der Waals surface area contributed by atoms with Crippen LogP contribution in [-0.2, 0) is 9.53 Å². The molecule has 2 nitrogen and oxygen atoms in total. The van der Waals surface area contributed by atoms with Crippen LogP contribution in [0.3, 0.4) is 0 Å². The van der Waals surface area contributed by atoms with Crippen LogP contribution in [0.1, 0.15) is 26.2 Å². The van der Waals surface area contributed by atoms with Crippen molar-refractivity contribution in [2.24, 2.45) is 0 Å². The van der Waals surface area contributed by atoms with E-state index in [1.165, 1.54) is 0 Å². The van der Waals surface area contributed by atoms with Gasteiger partial charge in [-0.2, -0.15) is 0 Å². The molecule has 0 atom stereocenters. The molecule has 1 aliphatic carbocycles.